The third kappa shape index (κ3) is 2.01. The van der Waals surface area contributed by atoms with Gasteiger partial charge in [-0.25, -0.2) is 0 Å². The van der Waals surface area contributed by atoms with Crippen LogP contribution in [0.1, 0.15) is 11.1 Å². The largest absolute Gasteiger partial charge is 0.398 e. The Bertz CT molecular complexity index is 388. The maximum Gasteiger partial charge on any atom is 0.0933 e. The lowest BCUT2D eigenvalue weighted by Crippen LogP contribution is -1.98. The molecule has 0 spiro atoms. The van der Waals surface area contributed by atoms with Crippen LogP contribution in [0.25, 0.3) is 5.70 Å². The molecule has 13 heavy (non-hydrogen) atoms. The molecule has 2 N–H and O–H groups in total. The minimum absolute atomic E-state index is 0.447. The van der Waals surface area contributed by atoms with E-state index in [2.05, 4.69) is 0 Å². The maximum atomic E-state index is 8.42. The number of halogens is 1. The van der Waals surface area contributed by atoms with Gasteiger partial charge in [-0.3, -0.25) is 0 Å². The van der Waals surface area contributed by atoms with Crippen LogP contribution in [0.3, 0.4) is 0 Å². The smallest absolute Gasteiger partial charge is 0.0933 e. The number of hydrogen-bond donors (Lipinski definition) is 1. The van der Waals surface area contributed by atoms with Crippen LogP contribution in [-0.4, -0.2) is 0 Å². The van der Waals surface area contributed by atoms with Crippen molar-refractivity contribution in [3.8, 4) is 6.07 Å². The zero-order chi connectivity index (χ0) is 9.84. The molecular weight excluding hydrogens is 184 g/mol. The summed E-state index contributed by atoms with van der Waals surface area (Å²) in [4.78, 5) is 0. The van der Waals surface area contributed by atoms with Gasteiger partial charge in [0.2, 0.25) is 0 Å². The number of nitrogens with two attached hydrogens (primary N) is 1. The molecule has 0 aromatic heterocycles. The van der Waals surface area contributed by atoms with E-state index in [9.17, 15) is 0 Å². The molecule has 0 heterocycles. The summed E-state index contributed by atoms with van der Waals surface area (Å²) in [5, 5.41) is 9.08. The second-order valence-electron chi connectivity index (χ2n) is 2.64. The van der Waals surface area contributed by atoms with Crippen LogP contribution in [0.5, 0.6) is 0 Å². The van der Waals surface area contributed by atoms with Gasteiger partial charge in [0.05, 0.1) is 6.07 Å². The van der Waals surface area contributed by atoms with E-state index in [1.165, 1.54) is 6.08 Å². The fourth-order valence-corrected chi connectivity index (χ4v) is 1.24. The second-order valence-corrected chi connectivity index (χ2v) is 3.05. The first-order valence-electron chi connectivity index (χ1n) is 3.77. The molecule has 0 aliphatic heterocycles. The molecule has 0 amide bonds. The predicted octanol–water partition coefficient (Wildman–Crippen LogP) is 2.47. The predicted molar refractivity (Wildman–Crippen MR) is 54.0 cm³/mol. The molecule has 66 valence electrons. The Hall–Kier alpha value is -1.46. The van der Waals surface area contributed by atoms with Crippen molar-refractivity contribution in [2.75, 3.05) is 0 Å². The topological polar surface area (TPSA) is 49.8 Å². The molecule has 3 heteroatoms. The Labute approximate surface area is 82.2 Å². The van der Waals surface area contributed by atoms with Gasteiger partial charge in [0.15, 0.2) is 0 Å². The van der Waals surface area contributed by atoms with Crippen LogP contribution in [0, 0.1) is 18.3 Å². The molecule has 0 bridgehead atoms. The van der Waals surface area contributed by atoms with Gasteiger partial charge in [-0.1, -0.05) is 23.7 Å². The lowest BCUT2D eigenvalue weighted by atomic mass is 10.1. The first-order chi connectivity index (χ1) is 6.16. The van der Waals surface area contributed by atoms with Gasteiger partial charge in [-0.2, -0.15) is 5.26 Å². The molecule has 0 radical (unpaired) electrons. The van der Waals surface area contributed by atoms with Crippen LogP contribution < -0.4 is 5.73 Å². The number of benzene rings is 1. The summed E-state index contributed by atoms with van der Waals surface area (Å²) in [6.07, 6.45) is 1.30. The Morgan fingerprint density at radius 3 is 2.92 bits per heavy atom. The number of allylic oxidation sites excluding steroid dienone is 1. The summed E-state index contributed by atoms with van der Waals surface area (Å²) in [6, 6.07) is 7.32. The van der Waals surface area contributed by atoms with Gasteiger partial charge in [0.25, 0.3) is 0 Å². The van der Waals surface area contributed by atoms with Gasteiger partial charge >= 0.3 is 0 Å². The number of nitrogens with zero attached hydrogens (tertiary/aromatic N) is 1. The first-order valence-corrected chi connectivity index (χ1v) is 4.15. The quantitative estimate of drug-likeness (QED) is 0.695. The van der Waals surface area contributed by atoms with Crippen molar-refractivity contribution in [1.29, 1.82) is 5.26 Å². The molecule has 0 aliphatic carbocycles. The molecule has 0 aliphatic rings. The van der Waals surface area contributed by atoms with Crippen LogP contribution in [0.15, 0.2) is 24.3 Å². The highest BCUT2D eigenvalue weighted by Gasteiger charge is 2.03. The van der Waals surface area contributed by atoms with E-state index < -0.39 is 0 Å². The van der Waals surface area contributed by atoms with E-state index in [4.69, 9.17) is 22.6 Å². The highest BCUT2D eigenvalue weighted by molar-refractivity contribution is 6.31. The Kier molecular flexibility index (Phi) is 2.94. The van der Waals surface area contributed by atoms with E-state index in [-0.39, 0.29) is 0 Å². The average Bonchev–Trinajstić information content (AvgIpc) is 2.10. The summed E-state index contributed by atoms with van der Waals surface area (Å²) in [5.74, 6) is 0. The Balaban J connectivity index is 3.25. The lowest BCUT2D eigenvalue weighted by Gasteiger charge is -2.05. The number of rotatable bonds is 1. The summed E-state index contributed by atoms with van der Waals surface area (Å²) in [6.45, 7) is 1.87. The summed E-state index contributed by atoms with van der Waals surface area (Å²) >= 11 is 5.89. The van der Waals surface area contributed by atoms with E-state index in [1.807, 2.05) is 25.1 Å². The zero-order valence-corrected chi connectivity index (χ0v) is 7.97. The summed E-state index contributed by atoms with van der Waals surface area (Å²) in [7, 11) is 0. The minimum atomic E-state index is 0.447. The summed E-state index contributed by atoms with van der Waals surface area (Å²) in [5.41, 5.74) is 7.81. The highest BCUT2D eigenvalue weighted by atomic mass is 35.5. The molecule has 0 atom stereocenters. The van der Waals surface area contributed by atoms with E-state index >= 15 is 0 Å². The van der Waals surface area contributed by atoms with Crippen molar-refractivity contribution < 1.29 is 0 Å². The molecule has 0 unspecified atom stereocenters. The fraction of sp³-hybridized carbons (Fsp3) is 0.100. The van der Waals surface area contributed by atoms with E-state index in [1.54, 1.807) is 6.07 Å². The molecule has 0 fully saturated rings. The van der Waals surface area contributed by atoms with Gasteiger partial charge in [-0.05, 0) is 18.6 Å². The van der Waals surface area contributed by atoms with Crippen molar-refractivity contribution in [2.45, 2.75) is 6.92 Å². The van der Waals surface area contributed by atoms with Crippen molar-refractivity contribution >= 4 is 17.3 Å². The van der Waals surface area contributed by atoms with E-state index in [0.717, 1.165) is 11.1 Å². The van der Waals surface area contributed by atoms with E-state index in [0.29, 0.717) is 10.7 Å². The van der Waals surface area contributed by atoms with Gasteiger partial charge < -0.3 is 5.73 Å². The lowest BCUT2D eigenvalue weighted by molar-refractivity contribution is 1.39. The second kappa shape index (κ2) is 3.97. The molecule has 1 rings (SSSR count). The third-order valence-corrected chi connectivity index (χ3v) is 2.21. The Morgan fingerprint density at radius 1 is 1.62 bits per heavy atom. The average molecular weight is 193 g/mol. The van der Waals surface area contributed by atoms with Crippen LogP contribution in [0.4, 0.5) is 0 Å². The molecule has 2 nitrogen and oxygen atoms in total. The highest BCUT2D eigenvalue weighted by Crippen LogP contribution is 2.22. The summed E-state index contributed by atoms with van der Waals surface area (Å²) < 4.78 is 0. The van der Waals surface area contributed by atoms with Crippen molar-refractivity contribution in [3.63, 3.8) is 0 Å². The SMILES string of the molecule is Cc1c(Cl)cccc1C(N)=CC#N. The molecule has 1 aromatic rings. The first kappa shape index (κ1) is 9.63. The molecule has 0 saturated heterocycles. The van der Waals surface area contributed by atoms with Gasteiger partial charge in [0.1, 0.15) is 0 Å². The van der Waals surface area contributed by atoms with Gasteiger partial charge in [0, 0.05) is 22.4 Å². The maximum absolute atomic E-state index is 8.42. The minimum Gasteiger partial charge on any atom is -0.398 e. The van der Waals surface area contributed by atoms with Crippen LogP contribution >= 0.6 is 11.6 Å². The normalized spacial score (nSPS) is 11.0. The van der Waals surface area contributed by atoms with Crippen molar-refractivity contribution in [1.82, 2.24) is 0 Å². The number of nitriles is 1. The number of hydrogen-bond acceptors (Lipinski definition) is 2. The Morgan fingerprint density at radius 2 is 2.31 bits per heavy atom. The van der Waals surface area contributed by atoms with Crippen molar-refractivity contribution in [2.24, 2.45) is 5.73 Å². The van der Waals surface area contributed by atoms with Crippen LogP contribution in [0.2, 0.25) is 5.02 Å². The molecular formula is C10H9ClN2. The van der Waals surface area contributed by atoms with Crippen molar-refractivity contribution in [3.05, 3.63) is 40.4 Å². The fourth-order valence-electron chi connectivity index (χ4n) is 1.07. The standard InChI is InChI=1S/C10H9ClN2/c1-7-8(10(13)5-6-12)3-2-4-9(7)11/h2-5H,13H2,1H3. The van der Waals surface area contributed by atoms with Gasteiger partial charge in [-0.15, -0.1) is 0 Å². The van der Waals surface area contributed by atoms with Crippen LogP contribution in [-0.2, 0) is 0 Å². The zero-order valence-electron chi connectivity index (χ0n) is 7.21. The molecule has 0 saturated carbocycles. The molecule has 1 aromatic carbocycles. The monoisotopic (exact) mass is 192 g/mol. The third-order valence-electron chi connectivity index (χ3n) is 1.80.